The molecule has 1 aliphatic rings. The van der Waals surface area contributed by atoms with E-state index in [1.165, 1.54) is 14.2 Å². The number of cyclic esters (lactones) is 1. The van der Waals surface area contributed by atoms with E-state index in [0.29, 0.717) is 11.3 Å². The summed E-state index contributed by atoms with van der Waals surface area (Å²) in [5, 5.41) is 2.78. The lowest BCUT2D eigenvalue weighted by molar-refractivity contribution is -0.137. The van der Waals surface area contributed by atoms with Crippen molar-refractivity contribution in [3.8, 4) is 11.5 Å². The molecule has 1 atom stereocenters. The first kappa shape index (κ1) is 18.2. The predicted molar refractivity (Wildman–Crippen MR) is 87.8 cm³/mol. The lowest BCUT2D eigenvalue weighted by atomic mass is 10.1. The third-order valence-corrected chi connectivity index (χ3v) is 4.20. The van der Waals surface area contributed by atoms with Crippen LogP contribution in [0.5, 0.6) is 11.5 Å². The van der Waals surface area contributed by atoms with Crippen molar-refractivity contribution in [2.45, 2.75) is 12.4 Å². The molecule has 0 bridgehead atoms. The largest absolute Gasteiger partial charge is 0.493 e. The van der Waals surface area contributed by atoms with Gasteiger partial charge < -0.3 is 19.5 Å². The fraction of sp³-hybridized carbons (Fsp3) is 0.235. The number of nitrogens with one attached hydrogen (secondary N) is 1. The van der Waals surface area contributed by atoms with Crippen LogP contribution in [0.2, 0.25) is 5.02 Å². The molecule has 0 unspecified atom stereocenters. The molecule has 0 aliphatic carbocycles. The van der Waals surface area contributed by atoms with E-state index in [2.05, 4.69) is 5.32 Å². The smallest absolute Gasteiger partial charge is 0.416 e. The number of rotatable bonds is 4. The Labute approximate surface area is 151 Å². The molecule has 1 N–H and O–H groups in total. The quantitative estimate of drug-likeness (QED) is 0.773. The molecule has 0 spiro atoms. The maximum absolute atomic E-state index is 12.9. The highest BCUT2D eigenvalue weighted by Gasteiger charge is 2.37. The van der Waals surface area contributed by atoms with Crippen LogP contribution in [0.1, 0.15) is 27.7 Å². The summed E-state index contributed by atoms with van der Waals surface area (Å²) in [6.07, 6.45) is -5.54. The number of halogens is 4. The van der Waals surface area contributed by atoms with Gasteiger partial charge in [0.25, 0.3) is 0 Å². The molecular weight excluding hydrogens is 375 g/mol. The lowest BCUT2D eigenvalue weighted by Crippen LogP contribution is -2.12. The summed E-state index contributed by atoms with van der Waals surface area (Å²) in [5.74, 6) is -0.160. The van der Waals surface area contributed by atoms with Gasteiger partial charge in [0, 0.05) is 5.56 Å². The van der Waals surface area contributed by atoms with Crippen LogP contribution < -0.4 is 14.8 Å². The number of ether oxygens (including phenoxy) is 3. The van der Waals surface area contributed by atoms with Gasteiger partial charge in [0.2, 0.25) is 6.23 Å². The van der Waals surface area contributed by atoms with Crippen LogP contribution in [-0.2, 0) is 10.9 Å². The number of carbonyl (C=O) groups is 1. The number of fused-ring (bicyclic) bond motifs is 1. The van der Waals surface area contributed by atoms with Crippen LogP contribution in [0.25, 0.3) is 0 Å². The summed E-state index contributed by atoms with van der Waals surface area (Å²) in [6.45, 7) is 0. The molecule has 0 aromatic heterocycles. The third-order valence-electron chi connectivity index (χ3n) is 3.87. The Morgan fingerprint density at radius 2 is 1.88 bits per heavy atom. The van der Waals surface area contributed by atoms with Crippen molar-refractivity contribution in [3.05, 3.63) is 52.0 Å². The minimum atomic E-state index is -4.53. The Morgan fingerprint density at radius 1 is 1.15 bits per heavy atom. The summed E-state index contributed by atoms with van der Waals surface area (Å²) in [7, 11) is 2.79. The Bertz CT molecular complexity index is 870. The normalized spacial score (nSPS) is 16.1. The molecule has 2 aromatic carbocycles. The summed E-state index contributed by atoms with van der Waals surface area (Å²) >= 11 is 5.98. The van der Waals surface area contributed by atoms with Crippen LogP contribution in [-0.4, -0.2) is 20.2 Å². The second-order valence-corrected chi connectivity index (χ2v) is 5.79. The van der Waals surface area contributed by atoms with Crippen molar-refractivity contribution in [3.63, 3.8) is 0 Å². The Hall–Kier alpha value is -2.61. The Balaban J connectivity index is 1.99. The highest BCUT2D eigenvalue weighted by Crippen LogP contribution is 2.43. The second-order valence-electron chi connectivity index (χ2n) is 5.39. The van der Waals surface area contributed by atoms with Gasteiger partial charge in [-0.1, -0.05) is 11.6 Å². The summed E-state index contributed by atoms with van der Waals surface area (Å²) in [6, 6.07) is 5.99. The Kier molecular flexibility index (Phi) is 4.62. The van der Waals surface area contributed by atoms with Gasteiger partial charge in [0.05, 0.1) is 30.5 Å². The van der Waals surface area contributed by atoms with Crippen molar-refractivity contribution >= 4 is 23.3 Å². The molecule has 138 valence electrons. The van der Waals surface area contributed by atoms with Crippen molar-refractivity contribution in [2.24, 2.45) is 0 Å². The van der Waals surface area contributed by atoms with Gasteiger partial charge >= 0.3 is 12.1 Å². The van der Waals surface area contributed by atoms with E-state index in [1.54, 1.807) is 12.1 Å². The first-order valence-electron chi connectivity index (χ1n) is 7.35. The number of hydrogen-bond acceptors (Lipinski definition) is 5. The fourth-order valence-corrected chi connectivity index (χ4v) is 2.83. The van der Waals surface area contributed by atoms with Crippen molar-refractivity contribution in [2.75, 3.05) is 19.5 Å². The highest BCUT2D eigenvalue weighted by molar-refractivity contribution is 6.33. The molecule has 26 heavy (non-hydrogen) atoms. The predicted octanol–water partition coefficient (Wildman–Crippen LogP) is 4.66. The van der Waals surface area contributed by atoms with E-state index in [-0.39, 0.29) is 22.0 Å². The number of benzene rings is 2. The first-order chi connectivity index (χ1) is 12.3. The molecule has 3 rings (SSSR count). The summed E-state index contributed by atoms with van der Waals surface area (Å²) < 4.78 is 54.3. The lowest BCUT2D eigenvalue weighted by Gasteiger charge is -2.17. The number of anilines is 1. The van der Waals surface area contributed by atoms with E-state index in [0.717, 1.165) is 18.2 Å². The number of carbonyl (C=O) groups excluding carboxylic acids is 1. The second kappa shape index (κ2) is 6.60. The average Bonchev–Trinajstić information content (AvgIpc) is 2.91. The Morgan fingerprint density at radius 3 is 2.50 bits per heavy atom. The number of hydrogen-bond donors (Lipinski definition) is 1. The zero-order valence-electron chi connectivity index (χ0n) is 13.6. The monoisotopic (exact) mass is 387 g/mol. The highest BCUT2D eigenvalue weighted by atomic mass is 35.5. The summed E-state index contributed by atoms with van der Waals surface area (Å²) in [4.78, 5) is 12.2. The molecule has 5 nitrogen and oxygen atoms in total. The number of alkyl halides is 3. The third kappa shape index (κ3) is 3.12. The van der Waals surface area contributed by atoms with Crippen molar-refractivity contribution < 1.29 is 32.2 Å². The van der Waals surface area contributed by atoms with Crippen LogP contribution in [0.15, 0.2) is 30.3 Å². The zero-order chi connectivity index (χ0) is 19.1. The number of esters is 1. The van der Waals surface area contributed by atoms with E-state index in [9.17, 15) is 18.0 Å². The average molecular weight is 388 g/mol. The van der Waals surface area contributed by atoms with Gasteiger partial charge in [-0.3, -0.25) is 0 Å². The van der Waals surface area contributed by atoms with Gasteiger partial charge in [0.15, 0.2) is 11.5 Å². The first-order valence-corrected chi connectivity index (χ1v) is 7.73. The van der Waals surface area contributed by atoms with E-state index >= 15 is 0 Å². The number of methoxy groups -OCH3 is 2. The molecule has 9 heteroatoms. The SMILES string of the molecule is COc1ccc2c(c1OC)C(=O)O[C@H]2Nc1cc(C(F)(F)F)ccc1Cl. The molecule has 0 fully saturated rings. The maximum atomic E-state index is 12.9. The minimum Gasteiger partial charge on any atom is -0.493 e. The molecular formula is C17H13ClF3NO4. The standard InChI is InChI=1S/C17H13ClF3NO4/c1-24-12-6-4-9-13(14(12)25-2)16(23)26-15(9)22-11-7-8(17(19,20)21)3-5-10(11)18/h3-7,15,22H,1-2H3/t15-/m1/s1. The van der Waals surface area contributed by atoms with Gasteiger partial charge in [-0.2, -0.15) is 13.2 Å². The molecule has 0 radical (unpaired) electrons. The molecule has 1 aliphatic heterocycles. The molecule has 2 aromatic rings. The molecule has 0 saturated carbocycles. The van der Waals surface area contributed by atoms with Crippen LogP contribution in [0.4, 0.5) is 18.9 Å². The van der Waals surface area contributed by atoms with Crippen LogP contribution in [0.3, 0.4) is 0 Å². The molecule has 0 saturated heterocycles. The van der Waals surface area contributed by atoms with E-state index in [1.807, 2.05) is 0 Å². The van der Waals surface area contributed by atoms with E-state index in [4.69, 9.17) is 25.8 Å². The summed E-state index contributed by atoms with van der Waals surface area (Å²) in [5.41, 5.74) is -0.336. The van der Waals surface area contributed by atoms with Gasteiger partial charge in [-0.15, -0.1) is 0 Å². The topological polar surface area (TPSA) is 56.8 Å². The zero-order valence-corrected chi connectivity index (χ0v) is 14.4. The fourth-order valence-electron chi connectivity index (χ4n) is 2.66. The molecule has 1 heterocycles. The van der Waals surface area contributed by atoms with Gasteiger partial charge in [-0.25, -0.2) is 4.79 Å². The van der Waals surface area contributed by atoms with Crippen LogP contribution in [0, 0.1) is 0 Å². The maximum Gasteiger partial charge on any atom is 0.416 e. The van der Waals surface area contributed by atoms with Crippen molar-refractivity contribution in [1.29, 1.82) is 0 Å². The molecule has 0 amide bonds. The van der Waals surface area contributed by atoms with Gasteiger partial charge in [0.1, 0.15) is 5.56 Å². The minimum absolute atomic E-state index is 0.0121. The van der Waals surface area contributed by atoms with Crippen molar-refractivity contribution in [1.82, 2.24) is 0 Å². The van der Waals surface area contributed by atoms with Crippen LogP contribution >= 0.6 is 11.6 Å². The van der Waals surface area contributed by atoms with E-state index < -0.39 is 23.9 Å². The van der Waals surface area contributed by atoms with Gasteiger partial charge in [-0.05, 0) is 30.3 Å².